The second kappa shape index (κ2) is 2.75. The minimum atomic E-state index is 0.851. The van der Waals surface area contributed by atoms with E-state index in [1.165, 1.54) is 10.8 Å². The first kappa shape index (κ1) is 7.00. The SMILES string of the molecule is SSc1cncc2nccn12. The molecular weight excluding hydrogens is 178 g/mol. The van der Waals surface area contributed by atoms with Crippen LogP contribution in [0.4, 0.5) is 0 Å². The van der Waals surface area contributed by atoms with Crippen molar-refractivity contribution in [1.82, 2.24) is 14.4 Å². The second-order valence-corrected chi connectivity index (χ2v) is 3.14. The average Bonchev–Trinajstić information content (AvgIpc) is 2.50. The maximum atomic E-state index is 4.09. The molecule has 0 amide bonds. The minimum absolute atomic E-state index is 0.851. The highest BCUT2D eigenvalue weighted by Gasteiger charge is 1.98. The van der Waals surface area contributed by atoms with E-state index in [4.69, 9.17) is 0 Å². The Bertz CT molecular complexity index is 371. The Morgan fingerprint density at radius 3 is 3.18 bits per heavy atom. The third-order valence-electron chi connectivity index (χ3n) is 1.38. The summed E-state index contributed by atoms with van der Waals surface area (Å²) in [5.74, 6) is 0. The Morgan fingerprint density at radius 1 is 1.45 bits per heavy atom. The maximum absolute atomic E-state index is 4.09. The molecule has 0 atom stereocenters. The maximum Gasteiger partial charge on any atom is 0.156 e. The normalized spacial score (nSPS) is 10.6. The van der Waals surface area contributed by atoms with Crippen molar-refractivity contribution in [3.63, 3.8) is 0 Å². The molecule has 2 heterocycles. The molecule has 0 unspecified atom stereocenters. The van der Waals surface area contributed by atoms with E-state index < -0.39 is 0 Å². The smallest absolute Gasteiger partial charge is 0.156 e. The lowest BCUT2D eigenvalue weighted by Crippen LogP contribution is -1.87. The van der Waals surface area contributed by atoms with Gasteiger partial charge in [0.15, 0.2) is 5.65 Å². The number of thiol groups is 1. The van der Waals surface area contributed by atoms with E-state index in [0.29, 0.717) is 0 Å². The van der Waals surface area contributed by atoms with Crippen LogP contribution in [-0.2, 0) is 0 Å². The van der Waals surface area contributed by atoms with Gasteiger partial charge >= 0.3 is 0 Å². The Balaban J connectivity index is 2.79. The molecule has 0 aliphatic carbocycles. The molecule has 3 nitrogen and oxygen atoms in total. The zero-order chi connectivity index (χ0) is 7.68. The van der Waals surface area contributed by atoms with Crippen LogP contribution < -0.4 is 0 Å². The number of fused-ring (bicyclic) bond motifs is 1. The Morgan fingerprint density at radius 2 is 2.36 bits per heavy atom. The van der Waals surface area contributed by atoms with Crippen LogP contribution in [-0.4, -0.2) is 14.4 Å². The fourth-order valence-corrected chi connectivity index (χ4v) is 1.65. The molecule has 2 aromatic heterocycles. The molecule has 0 saturated carbocycles. The number of rotatable bonds is 1. The van der Waals surface area contributed by atoms with Gasteiger partial charge in [-0.3, -0.25) is 9.38 Å². The summed E-state index contributed by atoms with van der Waals surface area (Å²) in [4.78, 5) is 8.08. The number of nitrogens with zero attached hydrogens (tertiary/aromatic N) is 3. The van der Waals surface area contributed by atoms with Gasteiger partial charge in [0.1, 0.15) is 5.03 Å². The van der Waals surface area contributed by atoms with Crippen LogP contribution in [0.1, 0.15) is 0 Å². The van der Waals surface area contributed by atoms with E-state index in [-0.39, 0.29) is 0 Å². The minimum Gasteiger partial charge on any atom is -0.291 e. The van der Waals surface area contributed by atoms with Gasteiger partial charge in [0.25, 0.3) is 0 Å². The summed E-state index contributed by atoms with van der Waals surface area (Å²) in [6.07, 6.45) is 7.10. The van der Waals surface area contributed by atoms with Gasteiger partial charge in [-0.2, -0.15) is 0 Å². The Kier molecular flexibility index (Phi) is 1.75. The van der Waals surface area contributed by atoms with Crippen LogP contribution in [0.15, 0.2) is 29.8 Å². The summed E-state index contributed by atoms with van der Waals surface area (Å²) in [6, 6.07) is 0. The summed E-state index contributed by atoms with van der Waals surface area (Å²) < 4.78 is 1.94. The molecule has 2 aromatic rings. The summed E-state index contributed by atoms with van der Waals surface area (Å²) in [5, 5.41) is 0.975. The number of aromatic nitrogens is 3. The fraction of sp³-hybridized carbons (Fsp3) is 0. The summed E-state index contributed by atoms with van der Waals surface area (Å²) in [7, 11) is 1.36. The van der Waals surface area contributed by atoms with Crippen molar-refractivity contribution < 1.29 is 0 Å². The molecule has 0 fully saturated rings. The van der Waals surface area contributed by atoms with Gasteiger partial charge in [0, 0.05) is 12.4 Å². The van der Waals surface area contributed by atoms with Crippen molar-refractivity contribution in [1.29, 1.82) is 0 Å². The second-order valence-electron chi connectivity index (χ2n) is 1.99. The standard InChI is InChI=1S/C6H5N3S2/c10-11-6-4-7-3-5-8-1-2-9(5)6/h1-4,10H. The Labute approximate surface area is 72.7 Å². The van der Waals surface area contributed by atoms with Crippen LogP contribution in [0, 0.1) is 0 Å². The van der Waals surface area contributed by atoms with E-state index in [9.17, 15) is 0 Å². The highest BCUT2D eigenvalue weighted by molar-refractivity contribution is 8.68. The molecule has 2 rings (SSSR count). The fourth-order valence-electron chi connectivity index (χ4n) is 0.894. The summed E-state index contributed by atoms with van der Waals surface area (Å²) in [6.45, 7) is 0. The van der Waals surface area contributed by atoms with Gasteiger partial charge in [0.2, 0.25) is 0 Å². The van der Waals surface area contributed by atoms with Crippen molar-refractivity contribution in [2.45, 2.75) is 5.03 Å². The first-order chi connectivity index (χ1) is 5.42. The lowest BCUT2D eigenvalue weighted by atomic mass is 10.7. The third-order valence-corrected chi connectivity index (χ3v) is 2.43. The molecule has 0 spiro atoms. The highest BCUT2D eigenvalue weighted by atomic mass is 33.1. The van der Waals surface area contributed by atoms with Crippen LogP contribution in [0.5, 0.6) is 0 Å². The quantitative estimate of drug-likeness (QED) is 0.539. The largest absolute Gasteiger partial charge is 0.291 e. The molecule has 0 saturated heterocycles. The van der Waals surface area contributed by atoms with Crippen LogP contribution in [0.25, 0.3) is 5.65 Å². The van der Waals surface area contributed by atoms with Gasteiger partial charge in [-0.1, -0.05) is 0 Å². The van der Waals surface area contributed by atoms with Gasteiger partial charge in [-0.15, -0.1) is 11.7 Å². The topological polar surface area (TPSA) is 30.2 Å². The van der Waals surface area contributed by atoms with Crippen molar-refractivity contribution in [2.24, 2.45) is 0 Å². The van der Waals surface area contributed by atoms with E-state index in [0.717, 1.165) is 10.7 Å². The lowest BCUT2D eigenvalue weighted by Gasteiger charge is -1.97. The van der Waals surface area contributed by atoms with E-state index in [1.54, 1.807) is 18.6 Å². The lowest BCUT2D eigenvalue weighted by molar-refractivity contribution is 0.986. The summed E-state index contributed by atoms with van der Waals surface area (Å²) >= 11 is 4.09. The van der Waals surface area contributed by atoms with Gasteiger partial charge < -0.3 is 0 Å². The number of hydrogen-bond acceptors (Lipinski definition) is 4. The molecule has 0 bridgehead atoms. The molecule has 0 N–H and O–H groups in total. The molecular formula is C6H5N3S2. The molecule has 0 aliphatic rings. The molecule has 56 valence electrons. The average molecular weight is 183 g/mol. The highest BCUT2D eigenvalue weighted by Crippen LogP contribution is 2.20. The number of imidazole rings is 1. The predicted molar refractivity (Wildman–Crippen MR) is 47.8 cm³/mol. The third kappa shape index (κ3) is 1.10. The molecule has 0 aliphatic heterocycles. The predicted octanol–water partition coefficient (Wildman–Crippen LogP) is 1.67. The monoisotopic (exact) mass is 183 g/mol. The molecule has 11 heavy (non-hydrogen) atoms. The number of hydrogen-bond donors (Lipinski definition) is 1. The van der Waals surface area contributed by atoms with Crippen molar-refractivity contribution >= 4 is 28.1 Å². The van der Waals surface area contributed by atoms with Crippen LogP contribution >= 0.6 is 22.5 Å². The van der Waals surface area contributed by atoms with Crippen LogP contribution in [0.2, 0.25) is 0 Å². The first-order valence-corrected chi connectivity index (χ1v) is 4.87. The van der Waals surface area contributed by atoms with E-state index >= 15 is 0 Å². The van der Waals surface area contributed by atoms with E-state index in [2.05, 4.69) is 21.6 Å². The van der Waals surface area contributed by atoms with Crippen molar-refractivity contribution in [2.75, 3.05) is 0 Å². The van der Waals surface area contributed by atoms with Crippen molar-refractivity contribution in [3.8, 4) is 0 Å². The summed E-state index contributed by atoms with van der Waals surface area (Å²) in [5.41, 5.74) is 0.851. The van der Waals surface area contributed by atoms with Gasteiger partial charge in [-0.05, 0) is 10.8 Å². The van der Waals surface area contributed by atoms with Crippen molar-refractivity contribution in [3.05, 3.63) is 24.8 Å². The zero-order valence-corrected chi connectivity index (χ0v) is 7.22. The Hall–Kier alpha value is -0.680. The first-order valence-electron chi connectivity index (χ1n) is 3.00. The van der Waals surface area contributed by atoms with Gasteiger partial charge in [0.05, 0.1) is 12.4 Å². The molecule has 0 aromatic carbocycles. The van der Waals surface area contributed by atoms with Gasteiger partial charge in [-0.25, -0.2) is 4.98 Å². The van der Waals surface area contributed by atoms with Crippen LogP contribution in [0.3, 0.4) is 0 Å². The molecule has 0 radical (unpaired) electrons. The van der Waals surface area contributed by atoms with E-state index in [1.807, 2.05) is 10.6 Å². The molecule has 5 heteroatoms. The zero-order valence-electron chi connectivity index (χ0n) is 5.51.